The molecule has 0 aliphatic heterocycles. The molecule has 0 fully saturated rings. The first kappa shape index (κ1) is 18.9. The monoisotopic (exact) mass is 388 g/mol. The summed E-state index contributed by atoms with van der Waals surface area (Å²) in [6.45, 7) is 6.51. The van der Waals surface area contributed by atoms with Gasteiger partial charge in [-0.15, -0.1) is 0 Å². The van der Waals surface area contributed by atoms with Crippen molar-refractivity contribution < 1.29 is 9.21 Å². The van der Waals surface area contributed by atoms with E-state index in [1.165, 1.54) is 0 Å². The molecular weight excluding hydrogens is 364 g/mol. The van der Waals surface area contributed by atoms with Gasteiger partial charge in [-0.1, -0.05) is 18.2 Å². The van der Waals surface area contributed by atoms with Crippen LogP contribution in [0, 0.1) is 20.8 Å². The zero-order valence-electron chi connectivity index (χ0n) is 16.9. The Morgan fingerprint density at radius 1 is 1.07 bits per heavy atom. The maximum atomic E-state index is 12.3. The number of nitrogens with zero attached hydrogens (tertiary/aromatic N) is 3. The molecule has 1 N–H and O–H groups in total. The third kappa shape index (κ3) is 3.78. The summed E-state index contributed by atoms with van der Waals surface area (Å²) < 4.78 is 7.14. The summed E-state index contributed by atoms with van der Waals surface area (Å²) in [7, 11) is 0. The molecule has 0 atom stereocenters. The Morgan fingerprint density at radius 3 is 2.59 bits per heavy atom. The van der Waals surface area contributed by atoms with Crippen molar-refractivity contribution in [1.82, 2.24) is 20.1 Å². The van der Waals surface area contributed by atoms with Crippen molar-refractivity contribution in [3.8, 4) is 5.69 Å². The van der Waals surface area contributed by atoms with E-state index < -0.39 is 0 Å². The molecule has 0 bridgehead atoms. The molecule has 148 valence electrons. The molecule has 4 aromatic rings. The average molecular weight is 388 g/mol. The summed E-state index contributed by atoms with van der Waals surface area (Å²) in [4.78, 5) is 17.1. The summed E-state index contributed by atoms with van der Waals surface area (Å²) >= 11 is 0. The van der Waals surface area contributed by atoms with Gasteiger partial charge in [-0.2, -0.15) is 5.10 Å². The van der Waals surface area contributed by atoms with Crippen LogP contribution in [0.1, 0.15) is 34.7 Å². The largest absolute Gasteiger partial charge is 0.467 e. The highest BCUT2D eigenvalue weighted by atomic mass is 16.3. The van der Waals surface area contributed by atoms with Gasteiger partial charge in [-0.05, 0) is 62.6 Å². The molecule has 0 aliphatic rings. The maximum absolute atomic E-state index is 12.3. The molecule has 6 heteroatoms. The number of carbonyl (C=O) groups excluding carboxylic acids is 1. The van der Waals surface area contributed by atoms with Crippen molar-refractivity contribution in [2.75, 3.05) is 0 Å². The number of hydrogen-bond donors (Lipinski definition) is 1. The van der Waals surface area contributed by atoms with Gasteiger partial charge in [0.15, 0.2) is 5.65 Å². The first-order valence-electron chi connectivity index (χ1n) is 9.74. The number of nitrogens with one attached hydrogen (secondary N) is 1. The van der Waals surface area contributed by atoms with Crippen molar-refractivity contribution in [2.24, 2.45) is 0 Å². The predicted octanol–water partition coefficient (Wildman–Crippen LogP) is 4.19. The number of benzene rings is 1. The summed E-state index contributed by atoms with van der Waals surface area (Å²) in [5.74, 6) is 0.745. The number of aryl methyl sites for hydroxylation is 3. The van der Waals surface area contributed by atoms with Gasteiger partial charge in [-0.25, -0.2) is 9.67 Å². The molecule has 0 spiro atoms. The second kappa shape index (κ2) is 7.91. The highest BCUT2D eigenvalue weighted by Crippen LogP contribution is 2.28. The lowest BCUT2D eigenvalue weighted by Gasteiger charge is -2.12. The lowest BCUT2D eigenvalue weighted by atomic mass is 9.99. The van der Waals surface area contributed by atoms with E-state index in [1.807, 2.05) is 61.0 Å². The van der Waals surface area contributed by atoms with E-state index in [9.17, 15) is 4.79 Å². The Kier molecular flexibility index (Phi) is 5.16. The van der Waals surface area contributed by atoms with E-state index in [1.54, 1.807) is 6.26 Å². The smallest absolute Gasteiger partial charge is 0.220 e. The molecule has 6 nitrogen and oxygen atoms in total. The summed E-state index contributed by atoms with van der Waals surface area (Å²) in [5.41, 5.74) is 5.98. The standard InChI is InChI=1S/C23H24N4O2/c1-15-20(11-12-21(28)24-14-19-10-7-13-29-19)16(2)25-23-22(15)17(3)26-27(23)18-8-5-4-6-9-18/h4-10,13H,11-12,14H2,1-3H3,(H,24,28). The molecule has 0 unspecified atom stereocenters. The summed E-state index contributed by atoms with van der Waals surface area (Å²) in [6.07, 6.45) is 2.65. The molecule has 0 aliphatic carbocycles. The third-order valence-electron chi connectivity index (χ3n) is 5.22. The molecule has 0 saturated carbocycles. The van der Waals surface area contributed by atoms with Gasteiger partial charge in [0.2, 0.25) is 5.91 Å². The number of para-hydroxylation sites is 1. The second-order valence-corrected chi connectivity index (χ2v) is 7.19. The van der Waals surface area contributed by atoms with E-state index in [-0.39, 0.29) is 5.91 Å². The number of carbonyl (C=O) groups is 1. The zero-order chi connectivity index (χ0) is 20.4. The molecule has 29 heavy (non-hydrogen) atoms. The van der Waals surface area contributed by atoms with E-state index in [4.69, 9.17) is 14.5 Å². The maximum Gasteiger partial charge on any atom is 0.220 e. The van der Waals surface area contributed by atoms with Gasteiger partial charge >= 0.3 is 0 Å². The predicted molar refractivity (Wildman–Crippen MR) is 112 cm³/mol. The molecular formula is C23H24N4O2. The van der Waals surface area contributed by atoms with Crippen molar-refractivity contribution in [2.45, 2.75) is 40.2 Å². The van der Waals surface area contributed by atoms with Gasteiger partial charge < -0.3 is 9.73 Å². The minimum atomic E-state index is -0.00278. The summed E-state index contributed by atoms with van der Waals surface area (Å²) in [5, 5.41) is 8.68. The first-order valence-corrected chi connectivity index (χ1v) is 9.74. The van der Waals surface area contributed by atoms with Crippen LogP contribution >= 0.6 is 0 Å². The second-order valence-electron chi connectivity index (χ2n) is 7.19. The number of fused-ring (bicyclic) bond motifs is 1. The highest BCUT2D eigenvalue weighted by molar-refractivity contribution is 5.85. The van der Waals surface area contributed by atoms with Gasteiger partial charge in [0.1, 0.15) is 5.76 Å². The highest BCUT2D eigenvalue weighted by Gasteiger charge is 2.18. The Hall–Kier alpha value is -3.41. The fourth-order valence-electron chi connectivity index (χ4n) is 3.75. The van der Waals surface area contributed by atoms with Gasteiger partial charge in [0.05, 0.1) is 24.2 Å². The zero-order valence-corrected chi connectivity index (χ0v) is 16.9. The number of amides is 1. The fourth-order valence-corrected chi connectivity index (χ4v) is 3.75. The Balaban J connectivity index is 1.57. The van der Waals surface area contributed by atoms with Gasteiger partial charge in [0.25, 0.3) is 0 Å². The van der Waals surface area contributed by atoms with Crippen LogP contribution in [-0.2, 0) is 17.8 Å². The summed E-state index contributed by atoms with van der Waals surface area (Å²) in [6, 6.07) is 13.7. The van der Waals surface area contributed by atoms with Crippen LogP contribution in [0.4, 0.5) is 0 Å². The van der Waals surface area contributed by atoms with Crippen LogP contribution in [0.5, 0.6) is 0 Å². The molecule has 0 radical (unpaired) electrons. The molecule has 1 amide bonds. The fraction of sp³-hybridized carbons (Fsp3) is 0.261. The topological polar surface area (TPSA) is 73.0 Å². The normalized spacial score (nSPS) is 11.1. The lowest BCUT2D eigenvalue weighted by molar-refractivity contribution is -0.121. The van der Waals surface area contributed by atoms with Crippen LogP contribution in [0.2, 0.25) is 0 Å². The van der Waals surface area contributed by atoms with Crippen molar-refractivity contribution in [3.05, 3.63) is 77.0 Å². The lowest BCUT2D eigenvalue weighted by Crippen LogP contribution is -2.23. The van der Waals surface area contributed by atoms with E-state index in [0.29, 0.717) is 19.4 Å². The Labute approximate surface area is 169 Å². The van der Waals surface area contributed by atoms with Crippen molar-refractivity contribution in [3.63, 3.8) is 0 Å². The van der Waals surface area contributed by atoms with Gasteiger partial charge in [0, 0.05) is 17.5 Å². The van der Waals surface area contributed by atoms with E-state index in [0.717, 1.165) is 45.0 Å². The van der Waals surface area contributed by atoms with Crippen LogP contribution in [0.15, 0.2) is 53.1 Å². The van der Waals surface area contributed by atoms with Crippen molar-refractivity contribution >= 4 is 16.9 Å². The quantitative estimate of drug-likeness (QED) is 0.538. The molecule has 3 aromatic heterocycles. The SMILES string of the molecule is Cc1nc2c(c(C)nn2-c2ccccc2)c(C)c1CCC(=O)NCc1ccco1. The van der Waals surface area contributed by atoms with Crippen molar-refractivity contribution in [1.29, 1.82) is 0 Å². The van der Waals surface area contributed by atoms with Crippen LogP contribution in [0.25, 0.3) is 16.7 Å². The van der Waals surface area contributed by atoms with Crippen LogP contribution < -0.4 is 5.32 Å². The van der Waals surface area contributed by atoms with E-state index in [2.05, 4.69) is 12.2 Å². The number of aromatic nitrogens is 3. The average Bonchev–Trinajstić information content (AvgIpc) is 3.35. The minimum Gasteiger partial charge on any atom is -0.467 e. The number of rotatable bonds is 6. The molecule has 0 saturated heterocycles. The van der Waals surface area contributed by atoms with Crippen LogP contribution in [-0.4, -0.2) is 20.7 Å². The first-order chi connectivity index (χ1) is 14.0. The molecule has 1 aromatic carbocycles. The number of furan rings is 1. The Morgan fingerprint density at radius 2 is 1.86 bits per heavy atom. The number of pyridine rings is 1. The number of hydrogen-bond acceptors (Lipinski definition) is 4. The Bertz CT molecular complexity index is 1150. The van der Waals surface area contributed by atoms with Gasteiger partial charge in [-0.3, -0.25) is 4.79 Å². The van der Waals surface area contributed by atoms with Crippen LogP contribution in [0.3, 0.4) is 0 Å². The third-order valence-corrected chi connectivity index (χ3v) is 5.22. The van der Waals surface area contributed by atoms with E-state index >= 15 is 0 Å². The minimum absolute atomic E-state index is 0.00278. The molecule has 4 rings (SSSR count). The molecule has 3 heterocycles.